The molecule has 0 bridgehead atoms. The van der Waals surface area contributed by atoms with Gasteiger partial charge in [0.25, 0.3) is 0 Å². The zero-order chi connectivity index (χ0) is 20.4. The summed E-state index contributed by atoms with van der Waals surface area (Å²) in [5.41, 5.74) is 3.19. The molecule has 5 nitrogen and oxygen atoms in total. The molecule has 1 atom stereocenters. The number of carbonyl (C=O) groups excluding carboxylic acids is 1. The smallest absolute Gasteiger partial charge is 0.227 e. The number of nitrogens with zero attached hydrogens (tertiary/aromatic N) is 2. The van der Waals surface area contributed by atoms with Crippen molar-refractivity contribution in [3.8, 4) is 0 Å². The highest BCUT2D eigenvalue weighted by atomic mass is 35.5. The van der Waals surface area contributed by atoms with E-state index in [0.29, 0.717) is 36.6 Å². The number of amides is 1. The molecule has 1 unspecified atom stereocenters. The molecule has 2 heterocycles. The molecule has 29 heavy (non-hydrogen) atoms. The van der Waals surface area contributed by atoms with Crippen molar-refractivity contribution >= 4 is 27.5 Å². The molecule has 1 amide bonds. The summed E-state index contributed by atoms with van der Waals surface area (Å²) in [7, 11) is -3.48. The van der Waals surface area contributed by atoms with Crippen LogP contribution >= 0.6 is 11.6 Å². The number of sulfonamides is 1. The molecule has 2 aromatic rings. The number of halogens is 1. The largest absolute Gasteiger partial charge is 0.338 e. The average molecular weight is 433 g/mol. The highest BCUT2D eigenvalue weighted by Crippen LogP contribution is 2.26. The number of hydrogen-bond acceptors (Lipinski definition) is 3. The minimum absolute atomic E-state index is 0.0673. The lowest BCUT2D eigenvalue weighted by atomic mass is 9.95. The van der Waals surface area contributed by atoms with Crippen LogP contribution < -0.4 is 0 Å². The zero-order valence-corrected chi connectivity index (χ0v) is 17.8. The molecule has 0 radical (unpaired) electrons. The Balaban J connectivity index is 1.42. The molecule has 2 aromatic carbocycles. The maximum Gasteiger partial charge on any atom is 0.227 e. The number of fused-ring (bicyclic) bond motifs is 1. The van der Waals surface area contributed by atoms with Crippen LogP contribution in [0.2, 0.25) is 5.02 Å². The first-order chi connectivity index (χ1) is 13.9. The van der Waals surface area contributed by atoms with E-state index in [4.69, 9.17) is 11.6 Å². The van der Waals surface area contributed by atoms with Gasteiger partial charge in [-0.2, -0.15) is 0 Å². The van der Waals surface area contributed by atoms with Crippen LogP contribution in [0, 0.1) is 5.92 Å². The van der Waals surface area contributed by atoms with Crippen LogP contribution in [-0.4, -0.2) is 43.2 Å². The minimum Gasteiger partial charge on any atom is -0.338 e. The van der Waals surface area contributed by atoms with Crippen molar-refractivity contribution in [2.75, 3.05) is 19.6 Å². The molecule has 0 N–H and O–H groups in total. The second-order valence-corrected chi connectivity index (χ2v) is 10.3. The summed E-state index contributed by atoms with van der Waals surface area (Å²) >= 11 is 5.89. The molecule has 0 aromatic heterocycles. The van der Waals surface area contributed by atoms with Crippen molar-refractivity contribution in [3.63, 3.8) is 0 Å². The Bertz CT molecular complexity index is 991. The number of hydrogen-bond donors (Lipinski definition) is 0. The summed E-state index contributed by atoms with van der Waals surface area (Å²) in [6, 6.07) is 15.1. The first-order valence-electron chi connectivity index (χ1n) is 10.0. The summed E-state index contributed by atoms with van der Waals surface area (Å²) < 4.78 is 27.3. The lowest BCUT2D eigenvalue weighted by Gasteiger charge is -2.36. The molecule has 1 fully saturated rings. The lowest BCUT2D eigenvalue weighted by molar-refractivity contribution is -0.137. The maximum atomic E-state index is 13.1. The van der Waals surface area contributed by atoms with Crippen molar-refractivity contribution in [2.24, 2.45) is 5.92 Å². The fourth-order valence-corrected chi connectivity index (χ4v) is 5.96. The predicted molar refractivity (Wildman–Crippen MR) is 114 cm³/mol. The van der Waals surface area contributed by atoms with Crippen LogP contribution in [0.15, 0.2) is 48.5 Å². The number of carbonyl (C=O) groups is 1. The maximum absolute atomic E-state index is 13.1. The Morgan fingerprint density at radius 2 is 1.76 bits per heavy atom. The van der Waals surface area contributed by atoms with Gasteiger partial charge in [-0.25, -0.2) is 12.7 Å². The van der Waals surface area contributed by atoms with Crippen LogP contribution in [-0.2, 0) is 33.5 Å². The molecule has 2 aliphatic rings. The molecule has 1 saturated heterocycles. The Labute approximate surface area is 177 Å². The first-order valence-corrected chi connectivity index (χ1v) is 12.0. The number of rotatable bonds is 4. The summed E-state index contributed by atoms with van der Waals surface area (Å²) in [5, 5.41) is 0.581. The van der Waals surface area contributed by atoms with Gasteiger partial charge in [-0.05, 0) is 48.1 Å². The van der Waals surface area contributed by atoms with Crippen LogP contribution in [0.25, 0.3) is 0 Å². The van der Waals surface area contributed by atoms with Gasteiger partial charge in [0.15, 0.2) is 0 Å². The molecular weight excluding hydrogens is 408 g/mol. The van der Waals surface area contributed by atoms with Gasteiger partial charge in [0.2, 0.25) is 15.9 Å². The Morgan fingerprint density at radius 1 is 1.03 bits per heavy atom. The molecule has 0 aliphatic carbocycles. The van der Waals surface area contributed by atoms with E-state index in [1.54, 1.807) is 24.3 Å². The highest BCUT2D eigenvalue weighted by molar-refractivity contribution is 7.88. The van der Waals surface area contributed by atoms with Gasteiger partial charge in [0.1, 0.15) is 0 Å². The Hall–Kier alpha value is -1.89. The van der Waals surface area contributed by atoms with Gasteiger partial charge < -0.3 is 4.90 Å². The van der Waals surface area contributed by atoms with Crippen molar-refractivity contribution < 1.29 is 13.2 Å². The molecule has 0 saturated carbocycles. The van der Waals surface area contributed by atoms with E-state index < -0.39 is 10.0 Å². The van der Waals surface area contributed by atoms with E-state index in [1.807, 2.05) is 17.0 Å². The van der Waals surface area contributed by atoms with Gasteiger partial charge in [0.05, 0.1) is 11.7 Å². The number of piperidine rings is 1. The highest BCUT2D eigenvalue weighted by Gasteiger charge is 2.35. The van der Waals surface area contributed by atoms with Crippen molar-refractivity contribution in [3.05, 3.63) is 70.2 Å². The average Bonchev–Trinajstić information content (AvgIpc) is 2.74. The summed E-state index contributed by atoms with van der Waals surface area (Å²) in [4.78, 5) is 15.0. The van der Waals surface area contributed by atoms with E-state index in [-0.39, 0.29) is 24.1 Å². The van der Waals surface area contributed by atoms with Gasteiger partial charge >= 0.3 is 0 Å². The quantitative estimate of drug-likeness (QED) is 0.743. The predicted octanol–water partition coefficient (Wildman–Crippen LogP) is 3.47. The Kier molecular flexibility index (Phi) is 5.95. The molecule has 154 valence electrons. The topological polar surface area (TPSA) is 57.7 Å². The van der Waals surface area contributed by atoms with E-state index in [2.05, 4.69) is 12.1 Å². The van der Waals surface area contributed by atoms with Crippen LogP contribution in [0.3, 0.4) is 0 Å². The summed E-state index contributed by atoms with van der Waals surface area (Å²) in [5.74, 6) is -0.262. The Morgan fingerprint density at radius 3 is 2.52 bits per heavy atom. The second kappa shape index (κ2) is 8.46. The van der Waals surface area contributed by atoms with Crippen molar-refractivity contribution in [2.45, 2.75) is 31.6 Å². The van der Waals surface area contributed by atoms with Crippen LogP contribution in [0.5, 0.6) is 0 Å². The lowest BCUT2D eigenvalue weighted by Crippen LogP contribution is -2.48. The summed E-state index contributed by atoms with van der Waals surface area (Å²) in [6.45, 7) is 2.06. The third-order valence-electron chi connectivity index (χ3n) is 5.83. The monoisotopic (exact) mass is 432 g/mol. The molecule has 7 heteroatoms. The standard InChI is InChI=1S/C22H25ClN2O3S/c23-21-9-7-17(8-10-21)16-29(27,28)25-12-3-6-20(15-25)22(26)24-13-11-18-4-1-2-5-19(18)14-24/h1-2,4-5,7-10,20H,3,6,11-16H2. The van der Waals surface area contributed by atoms with Crippen molar-refractivity contribution in [1.29, 1.82) is 0 Å². The van der Waals surface area contributed by atoms with Crippen LogP contribution in [0.1, 0.15) is 29.5 Å². The first kappa shape index (κ1) is 20.4. The van der Waals surface area contributed by atoms with E-state index in [1.165, 1.54) is 15.4 Å². The third-order valence-corrected chi connectivity index (χ3v) is 7.90. The van der Waals surface area contributed by atoms with Gasteiger partial charge in [-0.15, -0.1) is 0 Å². The molecule has 4 rings (SSSR count). The second-order valence-electron chi connectivity index (χ2n) is 7.86. The summed E-state index contributed by atoms with van der Waals surface area (Å²) in [6.07, 6.45) is 2.30. The van der Waals surface area contributed by atoms with Crippen LogP contribution in [0.4, 0.5) is 0 Å². The van der Waals surface area contributed by atoms with Gasteiger partial charge in [-0.3, -0.25) is 4.79 Å². The fraction of sp³-hybridized carbons (Fsp3) is 0.409. The SMILES string of the molecule is O=C(C1CCCN(S(=O)(=O)Cc2ccc(Cl)cc2)C1)N1CCc2ccccc2C1. The number of benzene rings is 2. The zero-order valence-electron chi connectivity index (χ0n) is 16.3. The normalized spacial score (nSPS) is 20.3. The van der Waals surface area contributed by atoms with Gasteiger partial charge in [-0.1, -0.05) is 48.0 Å². The van der Waals surface area contributed by atoms with E-state index >= 15 is 0 Å². The fourth-order valence-electron chi connectivity index (χ4n) is 4.22. The molecule has 0 spiro atoms. The van der Waals surface area contributed by atoms with E-state index in [9.17, 15) is 13.2 Å². The van der Waals surface area contributed by atoms with Crippen molar-refractivity contribution in [1.82, 2.24) is 9.21 Å². The van der Waals surface area contributed by atoms with E-state index in [0.717, 1.165) is 12.8 Å². The van der Waals surface area contributed by atoms with Gasteiger partial charge in [0, 0.05) is 31.2 Å². The third kappa shape index (κ3) is 4.65. The molecule has 2 aliphatic heterocycles. The molecular formula is C22H25ClN2O3S. The minimum atomic E-state index is -3.48.